The Morgan fingerprint density at radius 2 is 0.356 bits per heavy atom. The molecule has 0 bridgehead atoms. The lowest BCUT2D eigenvalue weighted by atomic mass is 10.0. The van der Waals surface area contributed by atoms with Gasteiger partial charge in [0.15, 0.2) is 0 Å². The molecule has 486 valence electrons. The fourth-order valence-electron chi connectivity index (χ4n) is 13.8. The molecule has 0 amide bonds. The molecule has 0 atom stereocenters. The van der Waals surface area contributed by atoms with Gasteiger partial charge in [0.25, 0.3) is 0 Å². The molecule has 5 heteroatoms. The second-order valence-electron chi connectivity index (χ2n) is 25.7. The summed E-state index contributed by atoms with van der Waals surface area (Å²) in [5.41, 5.74) is 26.4. The lowest BCUT2D eigenvalue weighted by Gasteiger charge is -2.30. The molecule has 16 aromatic carbocycles. The topological polar surface area (TPSA) is 16.2 Å². The monoisotopic (exact) mass is 1300 g/mol. The van der Waals surface area contributed by atoms with Gasteiger partial charge in [0.2, 0.25) is 0 Å². The Labute approximate surface area is 594 Å². The molecule has 5 nitrogen and oxygen atoms in total. The number of anilines is 15. The third kappa shape index (κ3) is 14.1. The summed E-state index contributed by atoms with van der Waals surface area (Å²) in [7, 11) is 0. The lowest BCUT2D eigenvalue weighted by molar-refractivity contribution is 1.23. The number of benzene rings is 16. The van der Waals surface area contributed by atoms with E-state index in [0.29, 0.717) is 0 Å². The van der Waals surface area contributed by atoms with Crippen molar-refractivity contribution < 1.29 is 0 Å². The van der Waals surface area contributed by atoms with Crippen LogP contribution < -0.4 is 24.5 Å². The van der Waals surface area contributed by atoms with Crippen LogP contribution in [0.5, 0.6) is 0 Å². The van der Waals surface area contributed by atoms with Gasteiger partial charge in [-0.15, -0.1) is 0 Å². The van der Waals surface area contributed by atoms with Crippen LogP contribution in [0.2, 0.25) is 0 Å². The molecule has 16 aromatic rings. The number of aryl methyl sites for hydroxylation is 4. The maximum absolute atomic E-state index is 2.34. The fourth-order valence-corrected chi connectivity index (χ4v) is 13.8. The number of rotatable bonds is 17. The molecule has 0 aliphatic rings. The number of fused-ring (bicyclic) bond motifs is 2. The van der Waals surface area contributed by atoms with E-state index in [1.54, 1.807) is 0 Å². The summed E-state index contributed by atoms with van der Waals surface area (Å²) in [6, 6.07) is 141. The Morgan fingerprint density at radius 1 is 0.149 bits per heavy atom. The van der Waals surface area contributed by atoms with Crippen molar-refractivity contribution in [1.29, 1.82) is 0 Å². The number of nitrogens with zero attached hydrogens (tertiary/aromatic N) is 5. The van der Waals surface area contributed by atoms with Crippen LogP contribution in [0, 0.1) is 27.7 Å². The SMILES string of the molecule is Cc1cccc(N(c2ccc(N(c3ccc(-c4ccccc4)cc3)c3ccc(N(c4cccc(C)c4)c4cccc(C)c4)cc3)cc2)c2cccc(C)c2)c1.c1ccc(N(c2ccc(-c3ccc(N(c4ccccc4)c4cccc5ccccc45)cc3)cc2)c2cccc3ccccc23)cc1. The highest BCUT2D eigenvalue weighted by atomic mass is 15.2. The predicted octanol–water partition coefficient (Wildman–Crippen LogP) is 27.6. The van der Waals surface area contributed by atoms with E-state index in [-0.39, 0.29) is 0 Å². The first-order valence-corrected chi connectivity index (χ1v) is 34.6. The maximum Gasteiger partial charge on any atom is 0.0540 e. The zero-order chi connectivity index (χ0) is 68.4. The molecule has 101 heavy (non-hydrogen) atoms. The van der Waals surface area contributed by atoms with Crippen molar-refractivity contribution in [2.45, 2.75) is 27.7 Å². The smallest absolute Gasteiger partial charge is 0.0540 e. The molecule has 0 radical (unpaired) electrons. The zero-order valence-electron chi connectivity index (χ0n) is 57.3. The Hall–Kier alpha value is -13.0. The molecule has 0 aliphatic carbocycles. The minimum atomic E-state index is 1.08. The van der Waals surface area contributed by atoms with Crippen LogP contribution in [0.15, 0.2) is 394 Å². The largest absolute Gasteiger partial charge is 0.311 e. The average molecular weight is 1300 g/mol. The second-order valence-corrected chi connectivity index (χ2v) is 25.7. The Balaban J connectivity index is 0.000000166. The van der Waals surface area contributed by atoms with Crippen molar-refractivity contribution >= 4 is 107 Å². The highest BCUT2D eigenvalue weighted by molar-refractivity contribution is 6.01. The van der Waals surface area contributed by atoms with Crippen LogP contribution in [-0.4, -0.2) is 0 Å². The highest BCUT2D eigenvalue weighted by Gasteiger charge is 2.21. The van der Waals surface area contributed by atoms with Crippen molar-refractivity contribution in [2.24, 2.45) is 0 Å². The van der Waals surface area contributed by atoms with Gasteiger partial charge in [0.05, 0.1) is 11.4 Å². The van der Waals surface area contributed by atoms with E-state index in [1.165, 1.54) is 66.1 Å². The van der Waals surface area contributed by atoms with Crippen LogP contribution in [0.3, 0.4) is 0 Å². The van der Waals surface area contributed by atoms with Gasteiger partial charge in [-0.25, -0.2) is 0 Å². The van der Waals surface area contributed by atoms with Crippen molar-refractivity contribution in [3.8, 4) is 22.3 Å². The van der Waals surface area contributed by atoms with Crippen LogP contribution in [0.1, 0.15) is 22.3 Å². The van der Waals surface area contributed by atoms with E-state index in [2.05, 4.69) is 447 Å². The first-order chi connectivity index (χ1) is 49.7. The van der Waals surface area contributed by atoms with Gasteiger partial charge in [-0.1, -0.05) is 224 Å². The lowest BCUT2D eigenvalue weighted by Crippen LogP contribution is -2.13. The van der Waals surface area contributed by atoms with Gasteiger partial charge < -0.3 is 24.5 Å². The van der Waals surface area contributed by atoms with Gasteiger partial charge in [-0.2, -0.15) is 0 Å². The standard InChI is InChI=1S/C52H45N3.C44H32N2/c1-38-12-8-18-49(34-38)54(50-19-9-13-39(2)35-50)47-30-26-45(27-31-47)53(44-24-22-43(23-25-44)42-16-6-5-7-17-42)46-28-32-48(33-29-46)55(51-20-10-14-40(3)36-51)52-21-11-15-41(4)37-52;1-3-17-37(18-4-1)45(43-23-11-15-35-13-7-9-21-41(35)43)39-29-25-33(26-30-39)34-27-31-40(32-28-34)46(38-19-5-2-6-20-38)44-24-12-16-36-14-8-10-22-42(36)44/h5-37H,1-4H3;1-32H. The van der Waals surface area contributed by atoms with Crippen molar-refractivity contribution in [3.05, 3.63) is 417 Å². The normalized spacial score (nSPS) is 11.0. The molecular formula is C96H77N5. The summed E-state index contributed by atoms with van der Waals surface area (Å²) in [6.07, 6.45) is 0. The Morgan fingerprint density at radius 3 is 0.663 bits per heavy atom. The molecule has 0 heterocycles. The first kappa shape index (κ1) is 64.1. The fraction of sp³-hybridized carbons (Fsp3) is 0.0417. The van der Waals surface area contributed by atoms with E-state index < -0.39 is 0 Å². The van der Waals surface area contributed by atoms with Gasteiger partial charge in [-0.05, 0) is 253 Å². The minimum Gasteiger partial charge on any atom is -0.311 e. The molecule has 0 aromatic heterocycles. The van der Waals surface area contributed by atoms with Crippen LogP contribution in [0.25, 0.3) is 43.8 Å². The number of hydrogen-bond acceptors (Lipinski definition) is 5. The molecule has 0 saturated carbocycles. The van der Waals surface area contributed by atoms with E-state index in [0.717, 1.165) is 85.3 Å². The second kappa shape index (κ2) is 29.4. The average Bonchev–Trinajstić information content (AvgIpc) is 0.799. The van der Waals surface area contributed by atoms with E-state index in [1.807, 2.05) is 0 Å². The van der Waals surface area contributed by atoms with E-state index in [9.17, 15) is 0 Å². The maximum atomic E-state index is 2.34. The van der Waals surface area contributed by atoms with Crippen LogP contribution in [0.4, 0.5) is 85.3 Å². The van der Waals surface area contributed by atoms with Crippen LogP contribution >= 0.6 is 0 Å². The third-order valence-corrected chi connectivity index (χ3v) is 18.6. The summed E-state index contributed by atoms with van der Waals surface area (Å²) in [4.78, 5) is 11.7. The summed E-state index contributed by atoms with van der Waals surface area (Å²) >= 11 is 0. The van der Waals surface area contributed by atoms with Gasteiger partial charge in [-0.3, -0.25) is 0 Å². The quantitative estimate of drug-likeness (QED) is 0.0900. The van der Waals surface area contributed by atoms with Crippen LogP contribution in [-0.2, 0) is 0 Å². The van der Waals surface area contributed by atoms with Gasteiger partial charge >= 0.3 is 0 Å². The third-order valence-electron chi connectivity index (χ3n) is 18.6. The van der Waals surface area contributed by atoms with Crippen molar-refractivity contribution in [3.63, 3.8) is 0 Å². The first-order valence-electron chi connectivity index (χ1n) is 34.6. The molecule has 16 rings (SSSR count). The molecule has 0 spiro atoms. The van der Waals surface area contributed by atoms with Gasteiger partial charge in [0, 0.05) is 84.7 Å². The molecule has 0 unspecified atom stereocenters. The Bertz CT molecular complexity index is 5040. The molecular weight excluding hydrogens is 1220 g/mol. The molecule has 0 fully saturated rings. The molecule has 0 saturated heterocycles. The van der Waals surface area contributed by atoms with Gasteiger partial charge in [0.1, 0.15) is 0 Å². The summed E-state index contributed by atoms with van der Waals surface area (Å²) in [6.45, 7) is 8.59. The van der Waals surface area contributed by atoms with E-state index >= 15 is 0 Å². The Kier molecular flexibility index (Phi) is 18.6. The molecule has 0 N–H and O–H groups in total. The highest BCUT2D eigenvalue weighted by Crippen LogP contribution is 2.45. The minimum absolute atomic E-state index is 1.08. The summed E-state index contributed by atoms with van der Waals surface area (Å²) < 4.78 is 0. The van der Waals surface area contributed by atoms with E-state index in [4.69, 9.17) is 0 Å². The zero-order valence-corrected chi connectivity index (χ0v) is 57.3. The number of hydrogen-bond donors (Lipinski definition) is 0. The van der Waals surface area contributed by atoms with Crippen molar-refractivity contribution in [2.75, 3.05) is 24.5 Å². The summed E-state index contributed by atoms with van der Waals surface area (Å²) in [5.74, 6) is 0. The predicted molar refractivity (Wildman–Crippen MR) is 431 cm³/mol. The summed E-state index contributed by atoms with van der Waals surface area (Å²) in [5, 5.41) is 4.90. The number of para-hydroxylation sites is 2. The van der Waals surface area contributed by atoms with Crippen molar-refractivity contribution in [1.82, 2.24) is 0 Å². The molecule has 0 aliphatic heterocycles.